The first-order valence-corrected chi connectivity index (χ1v) is 11.0. The molecule has 0 bridgehead atoms. The summed E-state index contributed by atoms with van der Waals surface area (Å²) in [6.45, 7) is 2.39. The van der Waals surface area contributed by atoms with E-state index in [-0.39, 0.29) is 46.3 Å². The maximum Gasteiger partial charge on any atom is 0.276 e. The van der Waals surface area contributed by atoms with Gasteiger partial charge in [0.25, 0.3) is 5.91 Å². The molecule has 6 rings (SSSR count). The van der Waals surface area contributed by atoms with Gasteiger partial charge in [0.1, 0.15) is 17.1 Å². The van der Waals surface area contributed by atoms with Gasteiger partial charge in [-0.05, 0) is 38.7 Å². The number of nitrogens with two attached hydrogens (primary N) is 1. The number of aromatic nitrogens is 5. The van der Waals surface area contributed by atoms with E-state index in [9.17, 15) is 13.6 Å². The van der Waals surface area contributed by atoms with Crippen LogP contribution in [0.25, 0.3) is 16.6 Å². The fraction of sp³-hybridized carbons (Fsp3) is 0.409. The van der Waals surface area contributed by atoms with Gasteiger partial charge < -0.3 is 15.1 Å². The number of carbonyl (C=O) groups excluding carboxylic acids is 1. The molecule has 1 aliphatic carbocycles. The van der Waals surface area contributed by atoms with Crippen molar-refractivity contribution in [3.05, 3.63) is 47.4 Å². The highest BCUT2D eigenvalue weighted by atomic mass is 19.1. The first-order valence-electron chi connectivity index (χ1n) is 11.0. The van der Waals surface area contributed by atoms with Crippen LogP contribution >= 0.6 is 0 Å². The zero-order valence-electron chi connectivity index (χ0n) is 17.8. The summed E-state index contributed by atoms with van der Waals surface area (Å²) in [5.74, 6) is -0.548. The molecule has 170 valence electrons. The zero-order valence-corrected chi connectivity index (χ0v) is 17.8. The lowest BCUT2D eigenvalue weighted by Gasteiger charge is -2.36. The van der Waals surface area contributed by atoms with Gasteiger partial charge in [-0.15, -0.1) is 5.10 Å². The van der Waals surface area contributed by atoms with Crippen LogP contribution in [0, 0.1) is 11.6 Å². The molecule has 2 aliphatic rings. The van der Waals surface area contributed by atoms with E-state index in [1.165, 1.54) is 17.0 Å². The number of nitrogen functional groups attached to an aromatic ring is 1. The van der Waals surface area contributed by atoms with Gasteiger partial charge in [0, 0.05) is 30.5 Å². The topological polar surface area (TPSA) is 115 Å². The number of likely N-dealkylation sites (tertiary alicyclic amines) is 1. The van der Waals surface area contributed by atoms with Crippen LogP contribution in [-0.4, -0.2) is 48.0 Å². The molecule has 1 saturated heterocycles. The molecule has 2 N–H and O–H groups in total. The Bertz CT molecular complexity index is 1410. The van der Waals surface area contributed by atoms with E-state index in [1.807, 2.05) is 6.92 Å². The van der Waals surface area contributed by atoms with Crippen molar-refractivity contribution in [1.82, 2.24) is 29.5 Å². The number of rotatable bonds is 3. The van der Waals surface area contributed by atoms with Gasteiger partial charge in [0.2, 0.25) is 5.95 Å². The van der Waals surface area contributed by atoms with E-state index < -0.39 is 11.6 Å². The van der Waals surface area contributed by atoms with Crippen LogP contribution in [0.4, 0.5) is 14.7 Å². The number of anilines is 1. The third kappa shape index (κ3) is 3.21. The van der Waals surface area contributed by atoms with Crippen LogP contribution in [0.1, 0.15) is 66.5 Å². The molecule has 1 aromatic carbocycles. The molecule has 2 atom stereocenters. The number of benzene rings is 1. The zero-order chi connectivity index (χ0) is 22.9. The Morgan fingerprint density at radius 3 is 2.73 bits per heavy atom. The normalized spacial score (nSPS) is 21.2. The Balaban J connectivity index is 1.36. The highest BCUT2D eigenvalue weighted by Crippen LogP contribution is 2.42. The molecule has 9 nitrogen and oxygen atoms in total. The Kier molecular flexibility index (Phi) is 4.36. The summed E-state index contributed by atoms with van der Waals surface area (Å²) in [5.41, 5.74) is 6.53. The van der Waals surface area contributed by atoms with Crippen molar-refractivity contribution in [2.24, 2.45) is 0 Å². The summed E-state index contributed by atoms with van der Waals surface area (Å²) in [6, 6.07) is 1.95. The quantitative estimate of drug-likeness (QED) is 0.505. The minimum atomic E-state index is -0.814. The van der Waals surface area contributed by atoms with Crippen molar-refractivity contribution in [2.75, 3.05) is 12.3 Å². The minimum Gasteiger partial charge on any atom is -0.447 e. The predicted octanol–water partition coefficient (Wildman–Crippen LogP) is 3.41. The Labute approximate surface area is 186 Å². The molecule has 1 amide bonds. The second-order valence-corrected chi connectivity index (χ2v) is 8.88. The van der Waals surface area contributed by atoms with E-state index in [4.69, 9.17) is 10.2 Å². The number of carbonyl (C=O) groups is 1. The van der Waals surface area contributed by atoms with Crippen molar-refractivity contribution in [3.63, 3.8) is 0 Å². The number of fused-ring (bicyclic) bond motifs is 3. The molecule has 2 fully saturated rings. The summed E-state index contributed by atoms with van der Waals surface area (Å²) < 4.78 is 34.9. The van der Waals surface area contributed by atoms with Crippen molar-refractivity contribution in [2.45, 2.75) is 50.5 Å². The molecule has 33 heavy (non-hydrogen) atoms. The van der Waals surface area contributed by atoms with E-state index in [2.05, 4.69) is 20.1 Å². The van der Waals surface area contributed by atoms with Gasteiger partial charge in [-0.3, -0.25) is 4.79 Å². The molecular formula is C22H21F2N7O2. The summed E-state index contributed by atoms with van der Waals surface area (Å²) in [6.07, 6.45) is 4.84. The van der Waals surface area contributed by atoms with Crippen molar-refractivity contribution < 1.29 is 18.0 Å². The van der Waals surface area contributed by atoms with Gasteiger partial charge in [-0.1, -0.05) is 0 Å². The summed E-state index contributed by atoms with van der Waals surface area (Å²) >= 11 is 0. The first kappa shape index (κ1) is 20.0. The number of hydrogen-bond donors (Lipinski definition) is 1. The third-order valence-electron chi connectivity index (χ3n) is 6.59. The number of hydrogen-bond acceptors (Lipinski definition) is 7. The van der Waals surface area contributed by atoms with Gasteiger partial charge >= 0.3 is 0 Å². The molecule has 1 saturated carbocycles. The monoisotopic (exact) mass is 453 g/mol. The Morgan fingerprint density at radius 2 is 1.94 bits per heavy atom. The van der Waals surface area contributed by atoms with Crippen LogP contribution in [0.5, 0.6) is 0 Å². The van der Waals surface area contributed by atoms with Crippen LogP contribution in [0.15, 0.2) is 22.9 Å². The van der Waals surface area contributed by atoms with Crippen molar-refractivity contribution in [1.29, 1.82) is 0 Å². The molecule has 4 heterocycles. The van der Waals surface area contributed by atoms with Crippen molar-refractivity contribution >= 4 is 28.4 Å². The highest BCUT2D eigenvalue weighted by Gasteiger charge is 2.38. The summed E-state index contributed by atoms with van der Waals surface area (Å²) in [5, 5.41) is 4.67. The number of oxazole rings is 1. The lowest BCUT2D eigenvalue weighted by molar-refractivity contribution is 0.0598. The van der Waals surface area contributed by atoms with Gasteiger partial charge in [-0.25, -0.2) is 23.7 Å². The number of nitrogens with zero attached hydrogens (tertiary/aromatic N) is 6. The predicted molar refractivity (Wildman–Crippen MR) is 114 cm³/mol. The maximum absolute atomic E-state index is 14.3. The smallest absolute Gasteiger partial charge is 0.276 e. The average Bonchev–Trinajstić information content (AvgIpc) is 3.32. The lowest BCUT2D eigenvalue weighted by atomic mass is 9.92. The number of halogens is 2. The number of amides is 1. The standard InChI is InChI=1S/C22H21F2N7O2/c1-10-2-3-12(8-30(10)21(32)17-18(11-4-5-11)33-9-26-17)19-28-20-14-6-13(23)7-15(24)16(14)27-22(25)31(20)29-19/h6-7,9-12H,2-5,8H2,1H3,(H2,25,27)/t10-,12+/m0/s1. The summed E-state index contributed by atoms with van der Waals surface area (Å²) in [7, 11) is 0. The van der Waals surface area contributed by atoms with E-state index in [1.54, 1.807) is 4.90 Å². The molecule has 4 aromatic rings. The molecule has 1 aliphatic heterocycles. The average molecular weight is 453 g/mol. The molecule has 3 aromatic heterocycles. The second-order valence-electron chi connectivity index (χ2n) is 8.88. The summed E-state index contributed by atoms with van der Waals surface area (Å²) in [4.78, 5) is 27.9. The SMILES string of the molecule is C[C@H]1CC[C@@H](c2nc3c4cc(F)cc(F)c4nc(N)n3n2)CN1C(=O)c1ncoc1C1CC1. The molecular weight excluding hydrogens is 432 g/mol. The fourth-order valence-electron chi connectivity index (χ4n) is 4.63. The third-order valence-corrected chi connectivity index (χ3v) is 6.59. The number of piperidine rings is 1. The molecule has 0 unspecified atom stereocenters. The Morgan fingerprint density at radius 1 is 1.15 bits per heavy atom. The second kappa shape index (κ2) is 7.19. The minimum absolute atomic E-state index is 0.0188. The van der Waals surface area contributed by atoms with Gasteiger partial charge in [-0.2, -0.15) is 4.52 Å². The molecule has 0 radical (unpaired) electrons. The Hall–Kier alpha value is -3.63. The van der Waals surface area contributed by atoms with E-state index >= 15 is 0 Å². The first-order chi connectivity index (χ1) is 15.9. The fourth-order valence-corrected chi connectivity index (χ4v) is 4.63. The van der Waals surface area contributed by atoms with Crippen molar-refractivity contribution in [3.8, 4) is 0 Å². The van der Waals surface area contributed by atoms with Gasteiger partial charge in [0.05, 0.1) is 5.39 Å². The van der Waals surface area contributed by atoms with E-state index in [0.717, 1.165) is 31.7 Å². The van der Waals surface area contributed by atoms with E-state index in [0.29, 0.717) is 23.8 Å². The molecule has 11 heteroatoms. The van der Waals surface area contributed by atoms with Gasteiger partial charge in [0.15, 0.2) is 29.4 Å². The van der Waals surface area contributed by atoms with Crippen LogP contribution in [-0.2, 0) is 0 Å². The highest BCUT2D eigenvalue weighted by molar-refractivity contribution is 5.94. The van der Waals surface area contributed by atoms with Crippen LogP contribution in [0.2, 0.25) is 0 Å². The largest absolute Gasteiger partial charge is 0.447 e. The maximum atomic E-state index is 14.3. The lowest BCUT2D eigenvalue weighted by Crippen LogP contribution is -2.45. The van der Waals surface area contributed by atoms with Crippen LogP contribution in [0.3, 0.4) is 0 Å². The molecule has 0 spiro atoms. The van der Waals surface area contributed by atoms with Crippen LogP contribution < -0.4 is 5.73 Å².